The van der Waals surface area contributed by atoms with Crippen LogP contribution in [0.25, 0.3) is 0 Å². The number of carbonyl (C=O) groups excluding carboxylic acids is 11. The van der Waals surface area contributed by atoms with Crippen LogP contribution in [-0.4, -0.2) is 203 Å². The van der Waals surface area contributed by atoms with Gasteiger partial charge >= 0.3 is 0 Å². The molecular formula is C61H109N11O11. The van der Waals surface area contributed by atoms with Gasteiger partial charge in [0.15, 0.2) is 0 Å². The molecule has 0 radical (unpaired) electrons. The van der Waals surface area contributed by atoms with Crippen molar-refractivity contribution >= 4 is 65.0 Å². The molecule has 0 aromatic carbocycles. The SMILES string of the molecule is C/C=C/CCCC1(C)NC(=O)[C@H](C(C)C)N(C)C(=O)[C@H](CC(C)C)N(C)C(=O)[C@H](CC(C)C)N(C)C(=O)[C@@H](C)NC(=O)[C@H](C)NC(=O)[C@H](CC(C)C)N(C)C(=O)[C@H](C(C)C)NC(=O)[C@H](CC(C)C)N(C)C(=O)CN(C)C(=O)[C@H](CC)NC1=O. The summed E-state index contributed by atoms with van der Waals surface area (Å²) in [5.74, 6) is -8.38. The molecule has 83 heavy (non-hydrogen) atoms. The first-order chi connectivity index (χ1) is 38.3. The standard InChI is InChI=1S/C61H109N11O11/c1-24-26-27-28-29-61(17)60(83)64-43(25-2)56(79)67(18)34-48(73)68(19)44(30-35(3)4)53(76)65-49(39(11)12)59(82)69(20)45(31-36(5)6)52(75)62-41(15)51(74)63-42(16)55(78)70(21)46(32-37(7)8)57(80)71(22)47(33-38(9)10)58(81)72(23)50(40(13)14)54(77)66-61/h24,26,35-47,49-50H,25,27-34H2,1-23H3,(H,62,75)(H,63,74)(H,64,83)(H,65,76)(H,66,77)/b26-24+/t41-,42+,43-,44-,45-,46-,47-,49-,50-,61?/m0/s1. The summed E-state index contributed by atoms with van der Waals surface area (Å²) >= 11 is 0. The van der Waals surface area contributed by atoms with Crippen molar-refractivity contribution < 1.29 is 52.7 Å². The number of nitrogens with zero attached hydrogens (tertiary/aromatic N) is 6. The first-order valence-corrected chi connectivity index (χ1v) is 30.0. The Labute approximate surface area is 497 Å². The van der Waals surface area contributed by atoms with Gasteiger partial charge in [-0.3, -0.25) is 52.7 Å². The third-order valence-corrected chi connectivity index (χ3v) is 15.6. The second-order valence-corrected chi connectivity index (χ2v) is 25.7. The number of rotatable bonds is 15. The summed E-state index contributed by atoms with van der Waals surface area (Å²) in [6.45, 7) is 29.6. The quantitative estimate of drug-likeness (QED) is 0.115. The van der Waals surface area contributed by atoms with Crippen LogP contribution < -0.4 is 26.6 Å². The number of nitrogens with one attached hydrogen (secondary N) is 5. The van der Waals surface area contributed by atoms with Crippen molar-refractivity contribution in [2.75, 3.05) is 48.8 Å². The van der Waals surface area contributed by atoms with Crippen LogP contribution in [0.2, 0.25) is 0 Å². The summed E-state index contributed by atoms with van der Waals surface area (Å²) in [6.07, 6.45) is 5.76. The lowest BCUT2D eigenvalue weighted by molar-refractivity contribution is -0.154. The Morgan fingerprint density at radius 1 is 0.506 bits per heavy atom. The first kappa shape index (κ1) is 74.9. The van der Waals surface area contributed by atoms with E-state index in [1.54, 1.807) is 41.5 Å². The lowest BCUT2D eigenvalue weighted by atomic mass is 9.90. The lowest BCUT2D eigenvalue weighted by Gasteiger charge is -2.40. The van der Waals surface area contributed by atoms with E-state index >= 15 is 4.79 Å². The van der Waals surface area contributed by atoms with E-state index in [1.165, 1.54) is 80.6 Å². The summed E-state index contributed by atoms with van der Waals surface area (Å²) < 4.78 is 0. The van der Waals surface area contributed by atoms with Gasteiger partial charge in [0, 0.05) is 42.3 Å². The smallest absolute Gasteiger partial charge is 0.246 e. The summed E-state index contributed by atoms with van der Waals surface area (Å²) in [5.41, 5.74) is -1.63. The minimum atomic E-state index is -1.63. The molecule has 1 unspecified atom stereocenters. The van der Waals surface area contributed by atoms with Gasteiger partial charge in [-0.2, -0.15) is 0 Å². The Bertz CT molecular complexity index is 2270. The molecule has 474 valence electrons. The average molecular weight is 1170 g/mol. The van der Waals surface area contributed by atoms with Crippen LogP contribution in [0, 0.1) is 35.5 Å². The number of hydrogen-bond acceptors (Lipinski definition) is 11. The van der Waals surface area contributed by atoms with Gasteiger partial charge in [0.2, 0.25) is 65.0 Å². The number of likely N-dealkylation sites (N-methyl/N-ethyl adjacent to an activating group) is 6. The highest BCUT2D eigenvalue weighted by atomic mass is 16.2. The number of carbonyl (C=O) groups is 11. The van der Waals surface area contributed by atoms with Gasteiger partial charge in [0.25, 0.3) is 0 Å². The first-order valence-electron chi connectivity index (χ1n) is 30.0. The van der Waals surface area contributed by atoms with Crippen LogP contribution in [0.15, 0.2) is 12.2 Å². The van der Waals surface area contributed by atoms with Crippen molar-refractivity contribution in [2.45, 2.75) is 229 Å². The summed E-state index contributed by atoms with van der Waals surface area (Å²) in [5, 5.41) is 14.1. The molecule has 0 bridgehead atoms. The van der Waals surface area contributed by atoms with Gasteiger partial charge in [-0.05, 0) is 115 Å². The molecule has 10 atom stereocenters. The molecule has 5 N–H and O–H groups in total. The zero-order chi connectivity index (χ0) is 64.3. The van der Waals surface area contributed by atoms with Gasteiger partial charge in [0.05, 0.1) is 6.54 Å². The van der Waals surface area contributed by atoms with Crippen molar-refractivity contribution in [3.8, 4) is 0 Å². The van der Waals surface area contributed by atoms with E-state index in [4.69, 9.17) is 0 Å². The molecular weight excluding hydrogens is 1060 g/mol. The largest absolute Gasteiger partial charge is 0.343 e. The zero-order valence-corrected chi connectivity index (χ0v) is 54.9. The van der Waals surface area contributed by atoms with Crippen LogP contribution >= 0.6 is 0 Å². The highest BCUT2D eigenvalue weighted by Crippen LogP contribution is 2.25. The molecule has 22 nitrogen and oxygen atoms in total. The monoisotopic (exact) mass is 1170 g/mol. The van der Waals surface area contributed by atoms with E-state index in [1.807, 2.05) is 74.5 Å². The molecule has 1 saturated heterocycles. The molecule has 1 rings (SSSR count). The third kappa shape index (κ3) is 21.8. The Hall–Kier alpha value is -6.09. The van der Waals surface area contributed by atoms with Crippen molar-refractivity contribution in [3.05, 3.63) is 12.2 Å². The van der Waals surface area contributed by atoms with Crippen LogP contribution in [-0.2, 0) is 52.7 Å². The fourth-order valence-corrected chi connectivity index (χ4v) is 10.4. The summed E-state index contributed by atoms with van der Waals surface area (Å²) in [7, 11) is 8.72. The number of unbranched alkanes of at least 4 members (excludes halogenated alkanes) is 1. The minimum absolute atomic E-state index is 0.100. The van der Waals surface area contributed by atoms with Crippen LogP contribution in [0.4, 0.5) is 0 Å². The fourth-order valence-electron chi connectivity index (χ4n) is 10.4. The topological polar surface area (TPSA) is 267 Å². The number of amides is 11. The van der Waals surface area contributed by atoms with Crippen LogP contribution in [0.5, 0.6) is 0 Å². The lowest BCUT2D eigenvalue weighted by Crippen LogP contribution is -2.64. The molecule has 1 fully saturated rings. The van der Waals surface area contributed by atoms with E-state index in [2.05, 4.69) is 26.6 Å². The minimum Gasteiger partial charge on any atom is -0.343 e. The number of allylic oxidation sites excluding steroid dienone is 2. The average Bonchev–Trinajstić information content (AvgIpc) is 3.58. The molecule has 11 amide bonds. The van der Waals surface area contributed by atoms with Crippen LogP contribution in [0.3, 0.4) is 0 Å². The molecule has 22 heteroatoms. The third-order valence-electron chi connectivity index (χ3n) is 15.6. The van der Waals surface area contributed by atoms with E-state index < -0.39 is 143 Å². The molecule has 0 saturated carbocycles. The van der Waals surface area contributed by atoms with Crippen molar-refractivity contribution in [2.24, 2.45) is 35.5 Å². The van der Waals surface area contributed by atoms with Gasteiger partial charge in [-0.1, -0.05) is 102 Å². The normalized spacial score (nSPS) is 27.2. The van der Waals surface area contributed by atoms with Crippen molar-refractivity contribution in [1.29, 1.82) is 0 Å². The van der Waals surface area contributed by atoms with Gasteiger partial charge in [0.1, 0.15) is 59.9 Å². The molecule has 1 aliphatic heterocycles. The van der Waals surface area contributed by atoms with Gasteiger partial charge in [-0.15, -0.1) is 0 Å². The Morgan fingerprint density at radius 3 is 1.40 bits per heavy atom. The van der Waals surface area contributed by atoms with Gasteiger partial charge < -0.3 is 56.0 Å². The summed E-state index contributed by atoms with van der Waals surface area (Å²) in [6, 6.07) is -10.3. The number of hydrogen-bond donors (Lipinski definition) is 5. The second-order valence-electron chi connectivity index (χ2n) is 25.7. The van der Waals surface area contributed by atoms with E-state index in [0.29, 0.717) is 12.8 Å². The maximum atomic E-state index is 15.0. The second kappa shape index (κ2) is 34.0. The molecule has 0 aliphatic carbocycles. The summed E-state index contributed by atoms with van der Waals surface area (Å²) in [4.78, 5) is 167. The van der Waals surface area contributed by atoms with E-state index in [0.717, 1.165) is 4.90 Å². The Morgan fingerprint density at radius 2 is 0.940 bits per heavy atom. The Kier molecular flexibility index (Phi) is 30.7. The highest BCUT2D eigenvalue weighted by molar-refractivity contribution is 6.00. The maximum Gasteiger partial charge on any atom is 0.246 e. The van der Waals surface area contributed by atoms with Gasteiger partial charge in [-0.25, -0.2) is 0 Å². The predicted molar refractivity (Wildman–Crippen MR) is 322 cm³/mol. The zero-order valence-electron chi connectivity index (χ0n) is 54.9. The maximum absolute atomic E-state index is 15.0. The fraction of sp³-hybridized carbons (Fsp3) is 0.787. The van der Waals surface area contributed by atoms with Crippen LogP contribution in [0.1, 0.15) is 169 Å². The molecule has 0 aromatic heterocycles. The molecule has 1 aliphatic rings. The molecule has 1 heterocycles. The van der Waals surface area contributed by atoms with Crippen molar-refractivity contribution in [1.82, 2.24) is 56.0 Å². The van der Waals surface area contributed by atoms with Crippen molar-refractivity contribution in [3.63, 3.8) is 0 Å². The van der Waals surface area contributed by atoms with E-state index in [9.17, 15) is 47.9 Å². The Balaban J connectivity index is 4.23. The highest BCUT2D eigenvalue weighted by Gasteiger charge is 2.45. The molecule has 0 aromatic rings. The van der Waals surface area contributed by atoms with E-state index in [-0.39, 0.29) is 62.2 Å². The predicted octanol–water partition coefficient (Wildman–Crippen LogP) is 4.10. The molecule has 0 spiro atoms.